The van der Waals surface area contributed by atoms with Crippen molar-refractivity contribution in [2.45, 2.75) is 52.0 Å². The molecule has 2 amide bonds. The Morgan fingerprint density at radius 3 is 2.89 bits per heavy atom. The summed E-state index contributed by atoms with van der Waals surface area (Å²) in [7, 11) is 0. The highest BCUT2D eigenvalue weighted by Gasteiger charge is 2.19. The molecule has 6 heteroatoms. The molecule has 1 aromatic rings. The summed E-state index contributed by atoms with van der Waals surface area (Å²) in [5.74, 6) is 1.23. The quantitative estimate of drug-likeness (QED) is 0.696. The van der Waals surface area contributed by atoms with Crippen LogP contribution in [0.2, 0.25) is 0 Å². The molecule has 0 spiro atoms. The summed E-state index contributed by atoms with van der Waals surface area (Å²) in [5.41, 5.74) is 2.60. The van der Waals surface area contributed by atoms with Crippen molar-refractivity contribution >= 4 is 11.8 Å². The van der Waals surface area contributed by atoms with Gasteiger partial charge in [-0.3, -0.25) is 14.5 Å². The molecule has 0 bridgehead atoms. The average Bonchev–Trinajstić information content (AvgIpc) is 2.89. The van der Waals surface area contributed by atoms with Crippen LogP contribution in [0.4, 0.5) is 0 Å². The molecular weight excluding hydrogens is 354 g/mol. The SMILES string of the molecule is CCOc1ccc2c(c1)CN(CC(=O)NCCCN1CCCCCC1=O)CC2. The van der Waals surface area contributed by atoms with Gasteiger partial charge in [0.1, 0.15) is 5.75 Å². The van der Waals surface area contributed by atoms with Crippen molar-refractivity contribution < 1.29 is 14.3 Å². The number of amides is 2. The molecule has 1 fully saturated rings. The zero-order chi connectivity index (χ0) is 19.8. The Kier molecular flexibility index (Phi) is 7.71. The van der Waals surface area contributed by atoms with Crippen LogP contribution < -0.4 is 10.1 Å². The number of carbonyl (C=O) groups is 2. The fourth-order valence-corrected chi connectivity index (χ4v) is 4.02. The van der Waals surface area contributed by atoms with Crippen molar-refractivity contribution in [3.8, 4) is 5.75 Å². The van der Waals surface area contributed by atoms with Crippen LogP contribution in [0.15, 0.2) is 18.2 Å². The van der Waals surface area contributed by atoms with Crippen molar-refractivity contribution in [2.75, 3.05) is 39.3 Å². The van der Waals surface area contributed by atoms with Gasteiger partial charge < -0.3 is 15.0 Å². The Balaban J connectivity index is 1.38. The lowest BCUT2D eigenvalue weighted by Crippen LogP contribution is -2.41. The van der Waals surface area contributed by atoms with Gasteiger partial charge >= 0.3 is 0 Å². The van der Waals surface area contributed by atoms with E-state index in [1.54, 1.807) is 0 Å². The first kappa shape index (κ1) is 20.6. The second-order valence-electron chi connectivity index (χ2n) is 7.72. The Morgan fingerprint density at radius 1 is 1.14 bits per heavy atom. The molecule has 2 aliphatic rings. The summed E-state index contributed by atoms with van der Waals surface area (Å²) < 4.78 is 5.59. The van der Waals surface area contributed by atoms with Gasteiger partial charge in [0.15, 0.2) is 0 Å². The number of hydrogen-bond acceptors (Lipinski definition) is 4. The van der Waals surface area contributed by atoms with Gasteiger partial charge in [0.25, 0.3) is 0 Å². The molecular formula is C22H33N3O3. The van der Waals surface area contributed by atoms with Crippen LogP contribution >= 0.6 is 0 Å². The predicted molar refractivity (Wildman–Crippen MR) is 109 cm³/mol. The monoisotopic (exact) mass is 387 g/mol. The standard InChI is InChI=1S/C22H33N3O3/c1-2-28-20-9-8-18-10-14-24(16-19(18)15-20)17-21(26)23-11-6-13-25-12-5-3-4-7-22(25)27/h8-9,15H,2-7,10-14,16-17H2,1H3,(H,23,26). The highest BCUT2D eigenvalue weighted by atomic mass is 16.5. The van der Waals surface area contributed by atoms with Gasteiger partial charge in [-0.15, -0.1) is 0 Å². The molecule has 0 aliphatic carbocycles. The minimum Gasteiger partial charge on any atom is -0.494 e. The van der Waals surface area contributed by atoms with Crippen molar-refractivity contribution in [1.82, 2.24) is 15.1 Å². The smallest absolute Gasteiger partial charge is 0.234 e. The fourth-order valence-electron chi connectivity index (χ4n) is 4.02. The molecule has 2 heterocycles. The van der Waals surface area contributed by atoms with E-state index in [9.17, 15) is 9.59 Å². The first-order valence-corrected chi connectivity index (χ1v) is 10.7. The van der Waals surface area contributed by atoms with Crippen LogP contribution in [0.3, 0.4) is 0 Å². The molecule has 28 heavy (non-hydrogen) atoms. The zero-order valence-corrected chi connectivity index (χ0v) is 17.0. The summed E-state index contributed by atoms with van der Waals surface area (Å²) in [4.78, 5) is 28.4. The molecule has 3 rings (SSSR count). The van der Waals surface area contributed by atoms with Gasteiger partial charge in [0.05, 0.1) is 13.2 Å². The second-order valence-corrected chi connectivity index (χ2v) is 7.72. The number of fused-ring (bicyclic) bond motifs is 1. The molecule has 0 saturated carbocycles. The largest absolute Gasteiger partial charge is 0.494 e. The Morgan fingerprint density at radius 2 is 2.04 bits per heavy atom. The number of nitrogens with one attached hydrogen (secondary N) is 1. The summed E-state index contributed by atoms with van der Waals surface area (Å²) in [5, 5.41) is 3.01. The van der Waals surface area contributed by atoms with Crippen LogP contribution in [0.5, 0.6) is 5.75 Å². The van der Waals surface area contributed by atoms with E-state index >= 15 is 0 Å². The summed E-state index contributed by atoms with van der Waals surface area (Å²) in [6, 6.07) is 6.27. The molecule has 154 valence electrons. The van der Waals surface area contributed by atoms with Crippen molar-refractivity contribution in [2.24, 2.45) is 0 Å². The normalized spacial score (nSPS) is 17.8. The average molecular weight is 388 g/mol. The van der Waals surface area contributed by atoms with E-state index < -0.39 is 0 Å². The third kappa shape index (κ3) is 5.96. The topological polar surface area (TPSA) is 61.9 Å². The van der Waals surface area contributed by atoms with Crippen LogP contribution in [-0.4, -0.2) is 60.9 Å². The van der Waals surface area contributed by atoms with E-state index in [-0.39, 0.29) is 11.8 Å². The number of nitrogens with zero attached hydrogens (tertiary/aromatic N) is 2. The van der Waals surface area contributed by atoms with Crippen LogP contribution in [0.1, 0.15) is 50.2 Å². The summed E-state index contributed by atoms with van der Waals surface area (Å²) in [6.45, 7) is 6.98. The van der Waals surface area contributed by atoms with Gasteiger partial charge in [-0.2, -0.15) is 0 Å². The van der Waals surface area contributed by atoms with E-state index in [0.29, 0.717) is 26.1 Å². The molecule has 1 saturated heterocycles. The highest BCUT2D eigenvalue weighted by molar-refractivity contribution is 5.78. The summed E-state index contributed by atoms with van der Waals surface area (Å²) in [6.07, 6.45) is 5.71. The lowest BCUT2D eigenvalue weighted by Gasteiger charge is -2.28. The number of benzene rings is 1. The minimum absolute atomic E-state index is 0.0617. The first-order valence-electron chi connectivity index (χ1n) is 10.7. The van der Waals surface area contributed by atoms with Crippen molar-refractivity contribution in [3.63, 3.8) is 0 Å². The van der Waals surface area contributed by atoms with E-state index in [1.165, 1.54) is 11.1 Å². The Labute approximate surface area is 168 Å². The number of likely N-dealkylation sites (tertiary alicyclic amines) is 1. The number of carbonyl (C=O) groups excluding carboxylic acids is 2. The van der Waals surface area contributed by atoms with E-state index in [4.69, 9.17) is 4.74 Å². The van der Waals surface area contributed by atoms with Crippen LogP contribution in [-0.2, 0) is 22.6 Å². The zero-order valence-electron chi connectivity index (χ0n) is 17.0. The summed E-state index contributed by atoms with van der Waals surface area (Å²) >= 11 is 0. The van der Waals surface area contributed by atoms with Crippen LogP contribution in [0, 0.1) is 0 Å². The molecule has 1 aromatic carbocycles. The Bertz CT molecular complexity index is 677. The highest BCUT2D eigenvalue weighted by Crippen LogP contribution is 2.23. The number of rotatable bonds is 8. The molecule has 0 radical (unpaired) electrons. The number of hydrogen-bond donors (Lipinski definition) is 1. The lowest BCUT2D eigenvalue weighted by molar-refractivity contribution is -0.130. The van der Waals surface area contributed by atoms with E-state index in [1.807, 2.05) is 17.9 Å². The molecule has 0 aromatic heterocycles. The van der Waals surface area contributed by atoms with E-state index in [2.05, 4.69) is 22.3 Å². The van der Waals surface area contributed by atoms with Gasteiger partial charge in [-0.1, -0.05) is 12.5 Å². The van der Waals surface area contributed by atoms with E-state index in [0.717, 1.165) is 64.0 Å². The molecule has 6 nitrogen and oxygen atoms in total. The lowest BCUT2D eigenvalue weighted by atomic mass is 9.99. The van der Waals surface area contributed by atoms with Gasteiger partial charge in [-0.05, 0) is 55.9 Å². The van der Waals surface area contributed by atoms with Crippen molar-refractivity contribution in [3.05, 3.63) is 29.3 Å². The maximum absolute atomic E-state index is 12.3. The molecule has 0 unspecified atom stereocenters. The third-order valence-corrected chi connectivity index (χ3v) is 5.55. The molecule has 1 N–H and O–H groups in total. The molecule has 0 atom stereocenters. The maximum Gasteiger partial charge on any atom is 0.234 e. The van der Waals surface area contributed by atoms with Crippen molar-refractivity contribution in [1.29, 1.82) is 0 Å². The third-order valence-electron chi connectivity index (χ3n) is 5.55. The fraction of sp³-hybridized carbons (Fsp3) is 0.636. The van der Waals surface area contributed by atoms with Gasteiger partial charge in [0.2, 0.25) is 11.8 Å². The predicted octanol–water partition coefficient (Wildman–Crippen LogP) is 2.35. The van der Waals surface area contributed by atoms with Gasteiger partial charge in [0, 0.05) is 39.1 Å². The maximum atomic E-state index is 12.3. The Hall–Kier alpha value is -2.08. The minimum atomic E-state index is 0.0617. The van der Waals surface area contributed by atoms with Gasteiger partial charge in [-0.25, -0.2) is 0 Å². The second kappa shape index (κ2) is 10.5. The number of ether oxygens (including phenoxy) is 1. The van der Waals surface area contributed by atoms with Crippen LogP contribution in [0.25, 0.3) is 0 Å². The molecule has 2 aliphatic heterocycles. The first-order chi connectivity index (χ1) is 13.7.